The first kappa shape index (κ1) is 15.9. The van der Waals surface area contributed by atoms with Gasteiger partial charge in [-0.2, -0.15) is 0 Å². The van der Waals surface area contributed by atoms with E-state index in [-0.39, 0.29) is 30.4 Å². The summed E-state index contributed by atoms with van der Waals surface area (Å²) in [4.78, 5) is 11.6. The highest BCUT2D eigenvalue weighted by Gasteiger charge is 2.11. The lowest BCUT2D eigenvalue weighted by Crippen LogP contribution is -2.31. The van der Waals surface area contributed by atoms with E-state index in [1.807, 2.05) is 45.0 Å². The molecule has 0 radical (unpaired) electrons. The van der Waals surface area contributed by atoms with Crippen LogP contribution in [0.15, 0.2) is 24.3 Å². The van der Waals surface area contributed by atoms with Crippen LogP contribution in [-0.4, -0.2) is 11.9 Å². The second-order valence-electron chi connectivity index (χ2n) is 4.33. The molecule has 3 N–H and O–H groups in total. The largest absolute Gasteiger partial charge is 0.350 e. The quantitative estimate of drug-likeness (QED) is 0.869. The highest BCUT2D eigenvalue weighted by molar-refractivity contribution is 5.85. The molecule has 1 aromatic carbocycles. The minimum absolute atomic E-state index is 0. The van der Waals surface area contributed by atoms with Crippen LogP contribution in [0.5, 0.6) is 0 Å². The lowest BCUT2D eigenvalue weighted by atomic mass is 10.0. The maximum Gasteiger partial charge on any atom is 0.222 e. The first-order chi connectivity index (χ1) is 7.50. The van der Waals surface area contributed by atoms with Gasteiger partial charge in [0.25, 0.3) is 0 Å². The molecule has 0 aliphatic heterocycles. The van der Waals surface area contributed by atoms with E-state index in [4.69, 9.17) is 5.73 Å². The zero-order valence-corrected chi connectivity index (χ0v) is 11.4. The molecule has 2 unspecified atom stereocenters. The zero-order valence-electron chi connectivity index (χ0n) is 10.6. The van der Waals surface area contributed by atoms with Crippen molar-refractivity contribution in [3.8, 4) is 0 Å². The summed E-state index contributed by atoms with van der Waals surface area (Å²) in [6.07, 6.45) is 0.371. The standard InChI is InChI=1S/C13H20N2O.ClH/c1-9-6-4-5-7-12(9)11(3)15-13(16)8-10(2)14;/h4-7,10-11H,8,14H2,1-3H3,(H,15,16);1H. The van der Waals surface area contributed by atoms with Crippen molar-refractivity contribution in [3.05, 3.63) is 35.4 Å². The number of carbonyl (C=O) groups is 1. The summed E-state index contributed by atoms with van der Waals surface area (Å²) in [6, 6.07) is 8.00. The number of hydrogen-bond donors (Lipinski definition) is 2. The van der Waals surface area contributed by atoms with Crippen LogP contribution in [0.3, 0.4) is 0 Å². The fourth-order valence-corrected chi connectivity index (χ4v) is 1.74. The number of amides is 1. The lowest BCUT2D eigenvalue weighted by Gasteiger charge is -2.17. The van der Waals surface area contributed by atoms with Crippen LogP contribution in [0.25, 0.3) is 0 Å². The third-order valence-corrected chi connectivity index (χ3v) is 2.54. The van der Waals surface area contributed by atoms with E-state index < -0.39 is 0 Å². The fraction of sp³-hybridized carbons (Fsp3) is 0.462. The molecule has 0 aromatic heterocycles. The molecule has 2 atom stereocenters. The van der Waals surface area contributed by atoms with Gasteiger partial charge in [-0.25, -0.2) is 0 Å². The first-order valence-corrected chi connectivity index (χ1v) is 5.61. The van der Waals surface area contributed by atoms with Gasteiger partial charge >= 0.3 is 0 Å². The van der Waals surface area contributed by atoms with E-state index in [0.29, 0.717) is 6.42 Å². The summed E-state index contributed by atoms with van der Waals surface area (Å²) in [5.74, 6) is 0.00533. The predicted octanol–water partition coefficient (Wildman–Crippen LogP) is 2.33. The van der Waals surface area contributed by atoms with E-state index in [1.165, 1.54) is 5.56 Å². The predicted molar refractivity (Wildman–Crippen MR) is 73.3 cm³/mol. The van der Waals surface area contributed by atoms with E-state index in [0.717, 1.165) is 5.56 Å². The second kappa shape index (κ2) is 7.30. The third kappa shape index (κ3) is 5.20. The van der Waals surface area contributed by atoms with Crippen LogP contribution in [-0.2, 0) is 4.79 Å². The number of nitrogens with two attached hydrogens (primary N) is 1. The highest BCUT2D eigenvalue weighted by Crippen LogP contribution is 2.16. The maximum atomic E-state index is 11.6. The van der Waals surface area contributed by atoms with Gasteiger partial charge in [-0.15, -0.1) is 12.4 Å². The lowest BCUT2D eigenvalue weighted by molar-refractivity contribution is -0.122. The number of carbonyl (C=O) groups excluding carboxylic acids is 1. The summed E-state index contributed by atoms with van der Waals surface area (Å²) < 4.78 is 0. The molecule has 0 saturated heterocycles. The molecule has 1 aromatic rings. The Morgan fingerprint density at radius 3 is 2.47 bits per heavy atom. The van der Waals surface area contributed by atoms with Gasteiger partial charge in [-0.3, -0.25) is 4.79 Å². The van der Waals surface area contributed by atoms with Gasteiger partial charge in [0.2, 0.25) is 5.91 Å². The van der Waals surface area contributed by atoms with Crippen LogP contribution in [0, 0.1) is 6.92 Å². The van der Waals surface area contributed by atoms with Crippen molar-refractivity contribution < 1.29 is 4.79 Å². The number of nitrogens with one attached hydrogen (secondary N) is 1. The molecular formula is C13H21ClN2O. The Balaban J connectivity index is 0.00000256. The molecule has 96 valence electrons. The third-order valence-electron chi connectivity index (χ3n) is 2.54. The molecule has 0 heterocycles. The van der Waals surface area contributed by atoms with Crippen molar-refractivity contribution in [1.82, 2.24) is 5.32 Å². The Hall–Kier alpha value is -1.06. The van der Waals surface area contributed by atoms with Gasteiger partial charge in [0.15, 0.2) is 0 Å². The molecule has 1 rings (SSSR count). The van der Waals surface area contributed by atoms with Crippen LogP contribution >= 0.6 is 12.4 Å². The van der Waals surface area contributed by atoms with Crippen LogP contribution in [0.2, 0.25) is 0 Å². The molecule has 0 saturated carbocycles. The number of benzene rings is 1. The van der Waals surface area contributed by atoms with Gasteiger partial charge in [-0.1, -0.05) is 24.3 Å². The average molecular weight is 257 g/mol. The van der Waals surface area contributed by atoms with Gasteiger partial charge in [0.1, 0.15) is 0 Å². The normalized spacial score (nSPS) is 13.4. The monoisotopic (exact) mass is 256 g/mol. The first-order valence-electron chi connectivity index (χ1n) is 5.61. The molecule has 1 amide bonds. The summed E-state index contributed by atoms with van der Waals surface area (Å²) >= 11 is 0. The summed E-state index contributed by atoms with van der Waals surface area (Å²) in [5.41, 5.74) is 7.92. The van der Waals surface area contributed by atoms with Gasteiger partial charge in [-0.05, 0) is 31.9 Å². The Morgan fingerprint density at radius 2 is 1.94 bits per heavy atom. The number of rotatable bonds is 4. The van der Waals surface area contributed by atoms with Crippen molar-refractivity contribution in [2.75, 3.05) is 0 Å². The van der Waals surface area contributed by atoms with Crippen molar-refractivity contribution in [1.29, 1.82) is 0 Å². The average Bonchev–Trinajstić information content (AvgIpc) is 2.16. The Morgan fingerprint density at radius 1 is 1.35 bits per heavy atom. The van der Waals surface area contributed by atoms with Crippen LogP contribution < -0.4 is 11.1 Å². The Bertz CT molecular complexity index is 366. The van der Waals surface area contributed by atoms with E-state index in [2.05, 4.69) is 5.32 Å². The van der Waals surface area contributed by atoms with Crippen molar-refractivity contribution in [2.24, 2.45) is 5.73 Å². The topological polar surface area (TPSA) is 55.1 Å². The van der Waals surface area contributed by atoms with Crippen molar-refractivity contribution >= 4 is 18.3 Å². The molecule has 0 aliphatic carbocycles. The summed E-state index contributed by atoms with van der Waals surface area (Å²) in [7, 11) is 0. The van der Waals surface area contributed by atoms with E-state index in [9.17, 15) is 4.79 Å². The molecule has 0 bridgehead atoms. The van der Waals surface area contributed by atoms with Crippen LogP contribution in [0.4, 0.5) is 0 Å². The molecular weight excluding hydrogens is 236 g/mol. The molecule has 0 aliphatic rings. The Kier molecular flexibility index (Phi) is 6.85. The second-order valence-corrected chi connectivity index (χ2v) is 4.33. The number of aryl methyl sites for hydroxylation is 1. The molecule has 0 fully saturated rings. The van der Waals surface area contributed by atoms with E-state index >= 15 is 0 Å². The summed E-state index contributed by atoms with van der Waals surface area (Å²) in [6.45, 7) is 5.86. The smallest absolute Gasteiger partial charge is 0.222 e. The number of halogens is 1. The van der Waals surface area contributed by atoms with Crippen molar-refractivity contribution in [3.63, 3.8) is 0 Å². The minimum Gasteiger partial charge on any atom is -0.350 e. The molecule has 3 nitrogen and oxygen atoms in total. The number of hydrogen-bond acceptors (Lipinski definition) is 2. The van der Waals surface area contributed by atoms with Crippen molar-refractivity contribution in [2.45, 2.75) is 39.3 Å². The summed E-state index contributed by atoms with van der Waals surface area (Å²) in [5, 5.41) is 2.95. The van der Waals surface area contributed by atoms with Gasteiger partial charge in [0, 0.05) is 12.5 Å². The van der Waals surface area contributed by atoms with Gasteiger partial charge < -0.3 is 11.1 Å². The molecule has 4 heteroatoms. The molecule has 0 spiro atoms. The minimum atomic E-state index is -0.0935. The zero-order chi connectivity index (χ0) is 12.1. The van der Waals surface area contributed by atoms with E-state index in [1.54, 1.807) is 0 Å². The van der Waals surface area contributed by atoms with Gasteiger partial charge in [0.05, 0.1) is 6.04 Å². The highest BCUT2D eigenvalue weighted by atomic mass is 35.5. The van der Waals surface area contributed by atoms with Crippen LogP contribution in [0.1, 0.15) is 37.4 Å². The molecule has 17 heavy (non-hydrogen) atoms. The Labute approximate surface area is 109 Å². The fourth-order valence-electron chi connectivity index (χ4n) is 1.74. The maximum absolute atomic E-state index is 11.6. The SMILES string of the molecule is Cc1ccccc1C(C)NC(=O)CC(C)N.Cl.